The molecular weight excluding hydrogens is 429 g/mol. The van der Waals surface area contributed by atoms with E-state index in [1.54, 1.807) is 30.3 Å². The predicted molar refractivity (Wildman–Crippen MR) is 115 cm³/mol. The van der Waals surface area contributed by atoms with Gasteiger partial charge in [0.2, 0.25) is 0 Å². The molecule has 0 unspecified atom stereocenters. The SMILES string of the molecule is O=C(O)c1cc(N2C(=O)/C(=C\c3ccc(-c4ccccc4F)o3)SC2=S)ccc1O. The minimum absolute atomic E-state index is 0.203. The molecule has 1 amide bonds. The van der Waals surface area contributed by atoms with Gasteiger partial charge in [-0.05, 0) is 42.5 Å². The van der Waals surface area contributed by atoms with Crippen molar-refractivity contribution in [3.05, 3.63) is 76.6 Å². The molecule has 1 aliphatic rings. The number of rotatable bonds is 4. The number of thiocarbonyl (C=S) groups is 1. The maximum absolute atomic E-state index is 13.9. The van der Waals surface area contributed by atoms with E-state index in [0.717, 1.165) is 11.8 Å². The van der Waals surface area contributed by atoms with Gasteiger partial charge in [-0.25, -0.2) is 9.18 Å². The Balaban J connectivity index is 1.64. The van der Waals surface area contributed by atoms with E-state index in [9.17, 15) is 24.2 Å². The number of carbonyl (C=O) groups is 2. The molecule has 30 heavy (non-hydrogen) atoms. The Bertz CT molecular complexity index is 1230. The molecule has 0 saturated carbocycles. The van der Waals surface area contributed by atoms with E-state index in [2.05, 4.69) is 0 Å². The number of anilines is 1. The highest BCUT2D eigenvalue weighted by Gasteiger charge is 2.34. The summed E-state index contributed by atoms with van der Waals surface area (Å²) < 4.78 is 19.8. The number of benzene rings is 2. The largest absolute Gasteiger partial charge is 0.507 e. The van der Waals surface area contributed by atoms with Crippen LogP contribution in [-0.4, -0.2) is 26.4 Å². The van der Waals surface area contributed by atoms with Crippen LogP contribution in [-0.2, 0) is 4.79 Å². The smallest absolute Gasteiger partial charge is 0.339 e. The van der Waals surface area contributed by atoms with E-state index in [1.165, 1.54) is 35.2 Å². The number of thioether (sulfide) groups is 1. The number of aromatic hydroxyl groups is 1. The molecule has 0 spiro atoms. The van der Waals surface area contributed by atoms with Gasteiger partial charge in [-0.3, -0.25) is 9.69 Å². The van der Waals surface area contributed by atoms with Gasteiger partial charge in [0.1, 0.15) is 28.7 Å². The molecule has 0 atom stereocenters. The third kappa shape index (κ3) is 3.60. The van der Waals surface area contributed by atoms with Crippen molar-refractivity contribution < 1.29 is 28.6 Å². The van der Waals surface area contributed by atoms with Gasteiger partial charge in [-0.1, -0.05) is 36.1 Å². The molecule has 9 heteroatoms. The third-order valence-electron chi connectivity index (χ3n) is 4.30. The maximum atomic E-state index is 13.9. The molecule has 1 fully saturated rings. The number of phenols is 1. The molecule has 0 radical (unpaired) electrons. The van der Waals surface area contributed by atoms with Gasteiger partial charge in [0, 0.05) is 6.08 Å². The third-order valence-corrected chi connectivity index (χ3v) is 5.60. The quantitative estimate of drug-likeness (QED) is 0.440. The summed E-state index contributed by atoms with van der Waals surface area (Å²) in [7, 11) is 0. The van der Waals surface area contributed by atoms with Crippen LogP contribution < -0.4 is 4.90 Å². The monoisotopic (exact) mass is 441 g/mol. The first kappa shape index (κ1) is 19.9. The fourth-order valence-electron chi connectivity index (χ4n) is 2.89. The van der Waals surface area contributed by atoms with Crippen molar-refractivity contribution in [1.82, 2.24) is 0 Å². The molecule has 0 bridgehead atoms. The summed E-state index contributed by atoms with van der Waals surface area (Å²) in [4.78, 5) is 25.5. The zero-order chi connectivity index (χ0) is 21.4. The lowest BCUT2D eigenvalue weighted by Crippen LogP contribution is -2.27. The molecule has 2 heterocycles. The molecule has 6 nitrogen and oxygen atoms in total. The van der Waals surface area contributed by atoms with E-state index in [1.807, 2.05) is 0 Å². The van der Waals surface area contributed by atoms with Crippen LogP contribution >= 0.6 is 24.0 Å². The molecule has 3 aromatic rings. The number of nitrogens with zero attached hydrogens (tertiary/aromatic N) is 1. The first-order valence-electron chi connectivity index (χ1n) is 8.54. The molecule has 2 aromatic carbocycles. The Morgan fingerprint density at radius 2 is 1.93 bits per heavy atom. The number of carboxylic acid groups (broad SMARTS) is 1. The van der Waals surface area contributed by atoms with E-state index in [4.69, 9.17) is 16.6 Å². The second kappa shape index (κ2) is 7.77. The number of aromatic carboxylic acids is 1. The molecule has 1 aromatic heterocycles. The average Bonchev–Trinajstić information content (AvgIpc) is 3.27. The zero-order valence-electron chi connectivity index (χ0n) is 15.0. The molecule has 1 saturated heterocycles. The van der Waals surface area contributed by atoms with Crippen molar-refractivity contribution in [2.24, 2.45) is 0 Å². The standard InChI is InChI=1S/C21H12FNO5S2/c22-15-4-2-1-3-13(15)17-8-6-12(28-17)10-18-19(25)23(21(29)30-18)11-5-7-16(24)14(9-11)20(26)27/h1-10,24H,(H,26,27)/b18-10+. The molecule has 0 aliphatic carbocycles. The fourth-order valence-corrected chi connectivity index (χ4v) is 4.17. The number of furan rings is 1. The van der Waals surface area contributed by atoms with E-state index in [-0.39, 0.29) is 20.5 Å². The molecule has 2 N–H and O–H groups in total. The maximum Gasteiger partial charge on any atom is 0.339 e. The molecule has 4 rings (SSSR count). The zero-order valence-corrected chi connectivity index (χ0v) is 16.7. The Morgan fingerprint density at radius 3 is 2.67 bits per heavy atom. The fraction of sp³-hybridized carbons (Fsp3) is 0. The van der Waals surface area contributed by atoms with Crippen molar-refractivity contribution in [3.8, 4) is 17.1 Å². The second-order valence-corrected chi connectivity index (χ2v) is 7.88. The first-order valence-corrected chi connectivity index (χ1v) is 9.76. The summed E-state index contributed by atoms with van der Waals surface area (Å²) in [6.45, 7) is 0. The van der Waals surface area contributed by atoms with Crippen LogP contribution in [0.25, 0.3) is 17.4 Å². The lowest BCUT2D eigenvalue weighted by molar-refractivity contribution is -0.113. The van der Waals surface area contributed by atoms with Crippen LogP contribution in [0.15, 0.2) is 63.9 Å². The lowest BCUT2D eigenvalue weighted by atomic mass is 10.1. The summed E-state index contributed by atoms with van der Waals surface area (Å²) in [5.74, 6) is -1.97. The Hall–Kier alpha value is -3.43. The average molecular weight is 441 g/mol. The topological polar surface area (TPSA) is 91.0 Å². The number of carboxylic acids is 1. The van der Waals surface area contributed by atoms with Crippen LogP contribution in [0.4, 0.5) is 10.1 Å². The first-order chi connectivity index (χ1) is 14.3. The number of amides is 1. The van der Waals surface area contributed by atoms with Crippen LogP contribution in [0.1, 0.15) is 16.1 Å². The highest BCUT2D eigenvalue weighted by Crippen LogP contribution is 2.38. The number of carbonyl (C=O) groups excluding carboxylic acids is 1. The van der Waals surface area contributed by atoms with Crippen molar-refractivity contribution in [2.75, 3.05) is 4.90 Å². The van der Waals surface area contributed by atoms with Gasteiger partial charge in [0.05, 0.1) is 16.2 Å². The predicted octanol–water partition coefficient (Wildman–Crippen LogP) is 4.90. The van der Waals surface area contributed by atoms with Crippen molar-refractivity contribution in [3.63, 3.8) is 0 Å². The summed E-state index contributed by atoms with van der Waals surface area (Å²) in [6.07, 6.45) is 1.49. The van der Waals surface area contributed by atoms with Crippen molar-refractivity contribution >= 4 is 51.9 Å². The lowest BCUT2D eigenvalue weighted by Gasteiger charge is -2.15. The minimum atomic E-state index is -1.33. The van der Waals surface area contributed by atoms with Gasteiger partial charge >= 0.3 is 5.97 Å². The van der Waals surface area contributed by atoms with E-state index < -0.39 is 23.4 Å². The van der Waals surface area contributed by atoms with Crippen LogP contribution in [0, 0.1) is 5.82 Å². The number of hydrogen-bond acceptors (Lipinski definition) is 6. The Labute approximate surface area is 179 Å². The number of halogens is 1. The minimum Gasteiger partial charge on any atom is -0.507 e. The normalized spacial score (nSPS) is 15.2. The summed E-state index contributed by atoms with van der Waals surface area (Å²) in [5, 5.41) is 18.8. The van der Waals surface area contributed by atoms with Gasteiger partial charge in [0.25, 0.3) is 5.91 Å². The summed E-state index contributed by atoms with van der Waals surface area (Å²) in [6, 6.07) is 13.2. The van der Waals surface area contributed by atoms with E-state index >= 15 is 0 Å². The van der Waals surface area contributed by atoms with Gasteiger partial charge < -0.3 is 14.6 Å². The van der Waals surface area contributed by atoms with Crippen LogP contribution in [0.3, 0.4) is 0 Å². The number of hydrogen-bond donors (Lipinski definition) is 2. The van der Waals surface area contributed by atoms with Crippen molar-refractivity contribution in [2.45, 2.75) is 0 Å². The van der Waals surface area contributed by atoms with Crippen molar-refractivity contribution in [1.29, 1.82) is 0 Å². The van der Waals surface area contributed by atoms with Gasteiger partial charge in [-0.2, -0.15) is 0 Å². The highest BCUT2D eigenvalue weighted by atomic mass is 32.2. The molecular formula is C21H12FNO5S2. The van der Waals surface area contributed by atoms with Gasteiger partial charge in [-0.15, -0.1) is 0 Å². The van der Waals surface area contributed by atoms with Crippen LogP contribution in [0.2, 0.25) is 0 Å². The summed E-state index contributed by atoms with van der Waals surface area (Å²) >= 11 is 6.29. The second-order valence-electron chi connectivity index (χ2n) is 6.21. The Kier molecular flexibility index (Phi) is 5.15. The van der Waals surface area contributed by atoms with Crippen LogP contribution in [0.5, 0.6) is 5.75 Å². The molecule has 1 aliphatic heterocycles. The highest BCUT2D eigenvalue weighted by molar-refractivity contribution is 8.27. The Morgan fingerprint density at radius 1 is 1.17 bits per heavy atom. The van der Waals surface area contributed by atoms with Gasteiger partial charge in [0.15, 0.2) is 4.32 Å². The molecule has 150 valence electrons. The summed E-state index contributed by atoms with van der Waals surface area (Å²) in [5.41, 5.74) is 0.184. The van der Waals surface area contributed by atoms with E-state index in [0.29, 0.717) is 17.1 Å².